The molecule has 1 saturated carbocycles. The Labute approximate surface area is 207 Å². The van der Waals surface area contributed by atoms with Crippen molar-refractivity contribution in [1.29, 1.82) is 0 Å². The van der Waals surface area contributed by atoms with E-state index in [9.17, 15) is 5.11 Å². The Kier molecular flexibility index (Phi) is 9.03. The number of hydrogen-bond acceptors (Lipinski definition) is 7. The van der Waals surface area contributed by atoms with Gasteiger partial charge in [-0.25, -0.2) is 4.98 Å². The van der Waals surface area contributed by atoms with Crippen LogP contribution in [-0.4, -0.2) is 67.8 Å². The normalized spacial score (nSPS) is 22.3. The molecule has 1 aliphatic heterocycles. The fourth-order valence-corrected chi connectivity index (χ4v) is 4.96. The van der Waals surface area contributed by atoms with Crippen LogP contribution in [-0.2, 0) is 9.47 Å². The zero-order chi connectivity index (χ0) is 23.8. The van der Waals surface area contributed by atoms with E-state index in [1.165, 1.54) is 0 Å². The second-order valence-electron chi connectivity index (χ2n) is 9.46. The van der Waals surface area contributed by atoms with E-state index in [0.29, 0.717) is 49.7 Å². The molecule has 0 spiro atoms. The lowest BCUT2D eigenvalue weighted by atomic mass is 9.91. The van der Waals surface area contributed by atoms with Crippen molar-refractivity contribution in [3.63, 3.8) is 0 Å². The number of ether oxygens (including phenoxy) is 2. The fraction of sp³-hybridized carbons (Fsp3) is 0.577. The third-order valence-corrected chi connectivity index (χ3v) is 7.19. The fourth-order valence-electron chi connectivity index (χ4n) is 4.75. The second-order valence-corrected chi connectivity index (χ2v) is 9.87. The molecule has 0 bridgehead atoms. The molecule has 4 rings (SSSR count). The molecule has 0 unspecified atom stereocenters. The molecule has 186 valence electrons. The summed E-state index contributed by atoms with van der Waals surface area (Å²) in [5.74, 6) is 0.852. The predicted octanol–water partition coefficient (Wildman–Crippen LogP) is 4.31. The Hall–Kier alpha value is -1.90. The molecular weight excluding hydrogens is 452 g/mol. The molecule has 1 aromatic heterocycles. The van der Waals surface area contributed by atoms with Crippen molar-refractivity contribution in [2.75, 3.05) is 50.7 Å². The summed E-state index contributed by atoms with van der Waals surface area (Å²) in [4.78, 5) is 4.53. The maximum absolute atomic E-state index is 10.7. The zero-order valence-corrected chi connectivity index (χ0v) is 20.7. The predicted molar refractivity (Wildman–Crippen MR) is 138 cm³/mol. The van der Waals surface area contributed by atoms with Crippen LogP contribution in [0.4, 0.5) is 11.5 Å². The molecule has 0 atom stereocenters. The van der Waals surface area contributed by atoms with Gasteiger partial charge in [0.15, 0.2) is 0 Å². The number of anilines is 2. The van der Waals surface area contributed by atoms with Crippen molar-refractivity contribution >= 4 is 23.1 Å². The Morgan fingerprint density at radius 2 is 1.91 bits per heavy atom. The van der Waals surface area contributed by atoms with Crippen molar-refractivity contribution < 1.29 is 14.6 Å². The van der Waals surface area contributed by atoms with Crippen molar-refractivity contribution in [1.82, 2.24) is 10.3 Å². The van der Waals surface area contributed by atoms with Gasteiger partial charge in [0.2, 0.25) is 0 Å². The van der Waals surface area contributed by atoms with E-state index in [0.717, 1.165) is 61.5 Å². The minimum atomic E-state index is -0.724. The Balaban J connectivity index is 1.36. The van der Waals surface area contributed by atoms with Gasteiger partial charge < -0.3 is 30.5 Å². The first kappa shape index (κ1) is 25.2. The molecule has 1 saturated heterocycles. The number of pyridine rings is 1. The highest BCUT2D eigenvalue weighted by atomic mass is 35.5. The highest BCUT2D eigenvalue weighted by molar-refractivity contribution is 6.33. The molecule has 2 aliphatic rings. The minimum absolute atomic E-state index is 0.412. The molecule has 0 amide bonds. The monoisotopic (exact) mass is 488 g/mol. The van der Waals surface area contributed by atoms with Crippen LogP contribution in [0.25, 0.3) is 11.1 Å². The van der Waals surface area contributed by atoms with Gasteiger partial charge in [-0.05, 0) is 49.4 Å². The molecule has 0 radical (unpaired) electrons. The summed E-state index contributed by atoms with van der Waals surface area (Å²) in [6, 6.07) is 11.2. The van der Waals surface area contributed by atoms with Crippen LogP contribution in [0, 0.1) is 0 Å². The van der Waals surface area contributed by atoms with Crippen LogP contribution >= 0.6 is 11.6 Å². The van der Waals surface area contributed by atoms with Gasteiger partial charge in [-0.15, -0.1) is 0 Å². The van der Waals surface area contributed by atoms with Gasteiger partial charge in [-0.2, -0.15) is 0 Å². The molecule has 4 N–H and O–H groups in total. The Morgan fingerprint density at radius 3 is 2.68 bits per heavy atom. The summed E-state index contributed by atoms with van der Waals surface area (Å²) in [6.45, 7) is 3.37. The van der Waals surface area contributed by atoms with Crippen LogP contribution in [0.15, 0.2) is 36.5 Å². The number of rotatable bonds is 10. The number of methoxy groups -OCH3 is 1. The van der Waals surface area contributed by atoms with Crippen LogP contribution in [0.1, 0.15) is 38.5 Å². The number of nitrogens with one attached hydrogen (secondary N) is 3. The Bertz CT molecular complexity index is 915. The van der Waals surface area contributed by atoms with Gasteiger partial charge >= 0.3 is 0 Å². The lowest BCUT2D eigenvalue weighted by Crippen LogP contribution is -2.42. The topological polar surface area (TPSA) is 87.7 Å². The number of nitrogens with zero attached hydrogens (tertiary/aromatic N) is 1. The first-order chi connectivity index (χ1) is 16.5. The van der Waals surface area contributed by atoms with E-state index >= 15 is 0 Å². The molecule has 1 aromatic carbocycles. The maximum Gasteiger partial charge on any atom is 0.126 e. The number of hydrogen-bond donors (Lipinski definition) is 4. The van der Waals surface area contributed by atoms with Gasteiger partial charge in [-0.3, -0.25) is 0 Å². The van der Waals surface area contributed by atoms with Gasteiger partial charge in [0.05, 0.1) is 17.2 Å². The number of aromatic nitrogens is 1. The van der Waals surface area contributed by atoms with Crippen molar-refractivity contribution in [3.05, 3.63) is 41.6 Å². The number of aliphatic hydroxyl groups is 1. The summed E-state index contributed by atoms with van der Waals surface area (Å²) in [5, 5.41) is 21.9. The average molecular weight is 489 g/mol. The summed E-state index contributed by atoms with van der Waals surface area (Å²) in [6.07, 6.45) is 7.53. The van der Waals surface area contributed by atoms with Crippen LogP contribution in [0.2, 0.25) is 5.02 Å². The van der Waals surface area contributed by atoms with E-state index in [-0.39, 0.29) is 0 Å². The quantitative estimate of drug-likeness (QED) is 0.370. The van der Waals surface area contributed by atoms with Crippen molar-refractivity contribution in [3.8, 4) is 11.1 Å². The van der Waals surface area contributed by atoms with Crippen molar-refractivity contribution in [2.24, 2.45) is 0 Å². The number of benzene rings is 1. The molecule has 2 fully saturated rings. The highest BCUT2D eigenvalue weighted by Crippen LogP contribution is 2.32. The molecule has 8 heteroatoms. The van der Waals surface area contributed by atoms with Crippen LogP contribution in [0.5, 0.6) is 0 Å². The van der Waals surface area contributed by atoms with Crippen LogP contribution < -0.4 is 16.0 Å². The summed E-state index contributed by atoms with van der Waals surface area (Å²) in [5.41, 5.74) is 2.20. The van der Waals surface area contributed by atoms with Gasteiger partial charge in [0.1, 0.15) is 5.82 Å². The average Bonchev–Trinajstić information content (AvgIpc) is 2.86. The lowest BCUT2D eigenvalue weighted by molar-refractivity contribution is -0.0543. The molecule has 1 aliphatic carbocycles. The van der Waals surface area contributed by atoms with E-state index in [2.05, 4.69) is 33.1 Å². The molecule has 2 aromatic rings. The molecule has 7 nitrogen and oxygen atoms in total. The van der Waals surface area contributed by atoms with Gasteiger partial charge in [0.25, 0.3) is 0 Å². The summed E-state index contributed by atoms with van der Waals surface area (Å²) >= 11 is 6.54. The largest absolute Gasteiger partial charge is 0.388 e. The lowest BCUT2D eigenvalue weighted by Gasteiger charge is -2.32. The molecule has 34 heavy (non-hydrogen) atoms. The SMILES string of the molecule is COCCN[C@H]1CC[C@H](Nc2cc(-c3cccc(NCC4(O)CCOCC4)c3)c(Cl)cn2)CC1. The highest BCUT2D eigenvalue weighted by Gasteiger charge is 2.29. The minimum Gasteiger partial charge on any atom is -0.388 e. The van der Waals surface area contributed by atoms with Gasteiger partial charge in [-0.1, -0.05) is 23.7 Å². The standard InChI is InChI=1S/C26H37ClN4O3/c1-33-14-11-28-20-5-7-21(8-6-20)31-25-16-23(24(27)17-29-25)19-3-2-4-22(15-19)30-18-26(32)9-12-34-13-10-26/h2-4,15-17,20-21,28,30,32H,5-14,18H2,1H3,(H,29,31)/t20-,21-. The van der Waals surface area contributed by atoms with Gasteiger partial charge in [0, 0.05) is 75.8 Å². The third kappa shape index (κ3) is 7.06. The van der Waals surface area contributed by atoms with Crippen molar-refractivity contribution in [2.45, 2.75) is 56.2 Å². The van der Waals surface area contributed by atoms with E-state index in [1.54, 1.807) is 13.3 Å². The van der Waals surface area contributed by atoms with E-state index in [4.69, 9.17) is 21.1 Å². The summed E-state index contributed by atoms with van der Waals surface area (Å²) in [7, 11) is 1.74. The zero-order valence-electron chi connectivity index (χ0n) is 20.0. The first-order valence-corrected chi connectivity index (χ1v) is 12.7. The second kappa shape index (κ2) is 12.2. The maximum atomic E-state index is 10.7. The first-order valence-electron chi connectivity index (χ1n) is 12.3. The van der Waals surface area contributed by atoms with E-state index in [1.807, 2.05) is 18.2 Å². The number of halogens is 1. The molecule has 2 heterocycles. The van der Waals surface area contributed by atoms with E-state index < -0.39 is 5.60 Å². The summed E-state index contributed by atoms with van der Waals surface area (Å²) < 4.78 is 10.5. The third-order valence-electron chi connectivity index (χ3n) is 6.89. The smallest absolute Gasteiger partial charge is 0.126 e. The molecular formula is C26H37ClN4O3. The Morgan fingerprint density at radius 1 is 1.15 bits per heavy atom. The van der Waals surface area contributed by atoms with Crippen LogP contribution in [0.3, 0.4) is 0 Å².